The lowest BCUT2D eigenvalue weighted by Crippen LogP contribution is -2.39. The first-order valence-corrected chi connectivity index (χ1v) is 6.60. The van der Waals surface area contributed by atoms with Crippen molar-refractivity contribution in [2.75, 3.05) is 0 Å². The summed E-state index contributed by atoms with van der Waals surface area (Å²) in [5, 5.41) is 16.4. The van der Waals surface area contributed by atoms with E-state index in [0.29, 0.717) is 19.4 Å². The Bertz CT molecular complexity index is 506. The summed E-state index contributed by atoms with van der Waals surface area (Å²) in [5.41, 5.74) is 2.06. The maximum atomic E-state index is 12.2. The summed E-state index contributed by atoms with van der Waals surface area (Å²) in [5.74, 6) is -0.192. The Labute approximate surface area is 114 Å². The number of carbonyl (C=O) groups is 1. The van der Waals surface area contributed by atoms with Gasteiger partial charge in [0.2, 0.25) is 5.91 Å². The predicted molar refractivity (Wildman–Crippen MR) is 73.2 cm³/mol. The second-order valence-corrected chi connectivity index (χ2v) is 4.86. The second kappa shape index (κ2) is 5.87. The molecule has 0 aliphatic heterocycles. The molecule has 0 unspecified atom stereocenters. The molecule has 0 fully saturated rings. The summed E-state index contributed by atoms with van der Waals surface area (Å²) in [6, 6.07) is 2.15. The number of hydrogen-bond donors (Lipinski definition) is 1. The zero-order chi connectivity index (χ0) is 14.6. The molecule has 5 nitrogen and oxygen atoms in total. The molecule has 0 aromatic carbocycles. The summed E-state index contributed by atoms with van der Waals surface area (Å²) in [6.07, 6.45) is 1.05. The summed E-state index contributed by atoms with van der Waals surface area (Å²) in [7, 11) is 1.88. The van der Waals surface area contributed by atoms with Gasteiger partial charge >= 0.3 is 0 Å². The summed E-state index contributed by atoms with van der Waals surface area (Å²) in [6.45, 7) is 8.05. The Balaban J connectivity index is 2.82. The van der Waals surface area contributed by atoms with Crippen LogP contribution in [0.25, 0.3) is 0 Å². The Morgan fingerprint density at radius 3 is 2.37 bits per heavy atom. The summed E-state index contributed by atoms with van der Waals surface area (Å²) in [4.78, 5) is 12.2. The highest BCUT2D eigenvalue weighted by Crippen LogP contribution is 2.25. The van der Waals surface area contributed by atoms with Crippen molar-refractivity contribution >= 4 is 5.91 Å². The van der Waals surface area contributed by atoms with E-state index in [0.717, 1.165) is 17.0 Å². The van der Waals surface area contributed by atoms with E-state index in [9.17, 15) is 10.1 Å². The van der Waals surface area contributed by atoms with Crippen LogP contribution in [0, 0.1) is 30.6 Å². The molecule has 1 aromatic heterocycles. The van der Waals surface area contributed by atoms with Crippen molar-refractivity contribution in [2.45, 2.75) is 47.1 Å². The number of hydrogen-bond acceptors (Lipinski definition) is 3. The van der Waals surface area contributed by atoms with Gasteiger partial charge in [0, 0.05) is 24.8 Å². The van der Waals surface area contributed by atoms with Crippen molar-refractivity contribution in [1.82, 2.24) is 15.1 Å². The quantitative estimate of drug-likeness (QED) is 0.882. The van der Waals surface area contributed by atoms with E-state index >= 15 is 0 Å². The van der Waals surface area contributed by atoms with Crippen LogP contribution in [0.2, 0.25) is 0 Å². The lowest BCUT2D eigenvalue weighted by molar-refractivity contribution is -0.128. The van der Waals surface area contributed by atoms with Crippen molar-refractivity contribution in [3.63, 3.8) is 0 Å². The topological polar surface area (TPSA) is 70.7 Å². The van der Waals surface area contributed by atoms with Crippen molar-refractivity contribution in [3.8, 4) is 6.07 Å². The molecule has 19 heavy (non-hydrogen) atoms. The van der Waals surface area contributed by atoms with Crippen LogP contribution in [-0.2, 0) is 18.4 Å². The Morgan fingerprint density at radius 1 is 1.42 bits per heavy atom. The van der Waals surface area contributed by atoms with Gasteiger partial charge in [0.25, 0.3) is 0 Å². The van der Waals surface area contributed by atoms with E-state index in [-0.39, 0.29) is 5.91 Å². The van der Waals surface area contributed by atoms with Crippen LogP contribution in [0.5, 0.6) is 0 Å². The highest BCUT2D eigenvalue weighted by atomic mass is 16.2. The van der Waals surface area contributed by atoms with Gasteiger partial charge in [0.1, 0.15) is 5.41 Å². The summed E-state index contributed by atoms with van der Waals surface area (Å²) >= 11 is 0. The van der Waals surface area contributed by atoms with Crippen LogP contribution < -0.4 is 5.32 Å². The molecule has 104 valence electrons. The summed E-state index contributed by atoms with van der Waals surface area (Å²) < 4.78 is 1.80. The molecule has 1 N–H and O–H groups in total. The van der Waals surface area contributed by atoms with Gasteiger partial charge in [-0.3, -0.25) is 9.48 Å². The molecule has 0 aliphatic rings. The van der Waals surface area contributed by atoms with E-state index < -0.39 is 5.41 Å². The lowest BCUT2D eigenvalue weighted by atomic mass is 9.83. The van der Waals surface area contributed by atoms with Crippen LogP contribution in [-0.4, -0.2) is 15.7 Å². The average Bonchev–Trinajstić information content (AvgIpc) is 2.64. The molecular weight excluding hydrogens is 240 g/mol. The van der Waals surface area contributed by atoms with Crippen LogP contribution in [0.1, 0.15) is 43.6 Å². The third-order valence-electron chi connectivity index (χ3n) is 3.94. The Hall–Kier alpha value is -1.83. The van der Waals surface area contributed by atoms with Gasteiger partial charge < -0.3 is 5.32 Å². The molecule has 1 rings (SSSR count). The van der Waals surface area contributed by atoms with Crippen molar-refractivity contribution in [2.24, 2.45) is 12.5 Å². The molecule has 0 bridgehead atoms. The molecule has 0 spiro atoms. The Kier molecular flexibility index (Phi) is 4.71. The van der Waals surface area contributed by atoms with Gasteiger partial charge in [0.05, 0.1) is 11.8 Å². The molecule has 0 saturated carbocycles. The second-order valence-electron chi connectivity index (χ2n) is 4.86. The average molecular weight is 262 g/mol. The van der Waals surface area contributed by atoms with Crippen molar-refractivity contribution in [3.05, 3.63) is 17.0 Å². The van der Waals surface area contributed by atoms with E-state index in [2.05, 4.69) is 16.5 Å². The number of aryl methyl sites for hydroxylation is 2. The first kappa shape index (κ1) is 15.2. The predicted octanol–water partition coefficient (Wildman–Crippen LogP) is 1.98. The van der Waals surface area contributed by atoms with Crippen molar-refractivity contribution < 1.29 is 4.79 Å². The fourth-order valence-corrected chi connectivity index (χ4v) is 2.19. The molecule has 0 saturated heterocycles. The fourth-order valence-electron chi connectivity index (χ4n) is 2.19. The monoisotopic (exact) mass is 262 g/mol. The number of aromatic nitrogens is 2. The number of rotatable bonds is 5. The highest BCUT2D eigenvalue weighted by molar-refractivity contribution is 5.85. The minimum atomic E-state index is -0.913. The van der Waals surface area contributed by atoms with Crippen LogP contribution in [0.15, 0.2) is 0 Å². The van der Waals surface area contributed by atoms with E-state index in [1.807, 2.05) is 34.7 Å². The number of amides is 1. The van der Waals surface area contributed by atoms with E-state index in [1.54, 1.807) is 4.68 Å². The Morgan fingerprint density at radius 2 is 2.00 bits per heavy atom. The largest absolute Gasteiger partial charge is 0.350 e. The first-order chi connectivity index (χ1) is 8.91. The maximum absolute atomic E-state index is 12.2. The molecule has 5 heteroatoms. The maximum Gasteiger partial charge on any atom is 0.240 e. The fraction of sp³-hybridized carbons (Fsp3) is 0.643. The van der Waals surface area contributed by atoms with Gasteiger partial charge in [-0.25, -0.2) is 0 Å². The van der Waals surface area contributed by atoms with Gasteiger partial charge in [-0.2, -0.15) is 10.4 Å². The van der Waals surface area contributed by atoms with Crippen LogP contribution >= 0.6 is 0 Å². The van der Waals surface area contributed by atoms with E-state index in [1.165, 1.54) is 0 Å². The third kappa shape index (κ3) is 2.78. The lowest BCUT2D eigenvalue weighted by Gasteiger charge is -2.22. The van der Waals surface area contributed by atoms with Crippen LogP contribution in [0.4, 0.5) is 0 Å². The zero-order valence-electron chi connectivity index (χ0n) is 12.4. The number of nitrogens with zero attached hydrogens (tertiary/aromatic N) is 3. The molecular formula is C14H22N4O. The van der Waals surface area contributed by atoms with Gasteiger partial charge in [0.15, 0.2) is 0 Å². The smallest absolute Gasteiger partial charge is 0.240 e. The molecule has 1 amide bonds. The highest BCUT2D eigenvalue weighted by Gasteiger charge is 2.34. The minimum absolute atomic E-state index is 0.192. The molecule has 0 aliphatic carbocycles. The van der Waals surface area contributed by atoms with Gasteiger partial charge in [-0.15, -0.1) is 0 Å². The van der Waals surface area contributed by atoms with Crippen LogP contribution in [0.3, 0.4) is 0 Å². The number of carbonyl (C=O) groups excluding carboxylic acids is 1. The first-order valence-electron chi connectivity index (χ1n) is 6.60. The minimum Gasteiger partial charge on any atom is -0.350 e. The third-order valence-corrected chi connectivity index (χ3v) is 3.94. The van der Waals surface area contributed by atoms with Gasteiger partial charge in [-0.1, -0.05) is 13.8 Å². The molecule has 0 radical (unpaired) electrons. The normalized spacial score (nSPS) is 11.2. The number of nitrogens with one attached hydrogen (secondary N) is 1. The standard InChI is InChI=1S/C14H22N4O/c1-6-14(7-2,9-15)13(19)16-8-12-10(3)17-18(5)11(12)4/h6-8H2,1-5H3,(H,16,19). The SMILES string of the molecule is CCC(C#N)(CC)C(=O)NCc1c(C)nn(C)c1C. The number of nitriles is 1. The molecule has 1 heterocycles. The van der Waals surface area contributed by atoms with Gasteiger partial charge in [-0.05, 0) is 26.7 Å². The molecule has 1 aromatic rings. The molecule has 0 atom stereocenters. The van der Waals surface area contributed by atoms with E-state index in [4.69, 9.17) is 0 Å². The zero-order valence-corrected chi connectivity index (χ0v) is 12.4. The van der Waals surface area contributed by atoms with Crippen molar-refractivity contribution in [1.29, 1.82) is 5.26 Å².